The average molecular weight is 304 g/mol. The number of rotatable bonds is 8. The topological polar surface area (TPSA) is 71.6 Å². The monoisotopic (exact) mass is 304 g/mol. The first-order chi connectivity index (χ1) is 11.3. The fraction of sp³-hybridized carbons (Fsp3) is 0.263. The van der Waals surface area contributed by atoms with Crippen LogP contribution in [0.25, 0.3) is 0 Å². The molecule has 0 heterocycles. The Balaban J connectivity index is 1.59. The highest BCUT2D eigenvalue weighted by Crippen LogP contribution is 2.04. The van der Waals surface area contributed by atoms with Crippen LogP contribution in [0.2, 0.25) is 0 Å². The Labute approximate surface area is 137 Å². The van der Waals surface area contributed by atoms with Crippen molar-refractivity contribution in [2.75, 3.05) is 13.1 Å². The standard InChI is InChI=1S/C19H20N4/c20-12-16-4-1-6-18(10-16)14-22-8-3-9-23-15-19-7-2-5-17(11-19)13-21/h1-2,4-7,10-11,22-23H,3,8-9,14-15H2. The van der Waals surface area contributed by atoms with Gasteiger partial charge in [0.15, 0.2) is 0 Å². The number of nitriles is 2. The molecular weight excluding hydrogens is 284 g/mol. The predicted molar refractivity (Wildman–Crippen MR) is 90.3 cm³/mol. The highest BCUT2D eigenvalue weighted by Gasteiger charge is 1.97. The van der Waals surface area contributed by atoms with Crippen LogP contribution in [0.5, 0.6) is 0 Å². The van der Waals surface area contributed by atoms with Gasteiger partial charge in [0.2, 0.25) is 0 Å². The van der Waals surface area contributed by atoms with E-state index >= 15 is 0 Å². The molecule has 23 heavy (non-hydrogen) atoms. The maximum atomic E-state index is 8.86. The number of hydrogen-bond donors (Lipinski definition) is 2. The zero-order valence-corrected chi connectivity index (χ0v) is 13.0. The van der Waals surface area contributed by atoms with E-state index < -0.39 is 0 Å². The Morgan fingerprint density at radius 3 is 1.65 bits per heavy atom. The van der Waals surface area contributed by atoms with Crippen molar-refractivity contribution in [1.29, 1.82) is 10.5 Å². The van der Waals surface area contributed by atoms with Crippen LogP contribution >= 0.6 is 0 Å². The molecule has 0 aromatic heterocycles. The third-order valence-electron chi connectivity index (χ3n) is 3.48. The van der Waals surface area contributed by atoms with Crippen LogP contribution in [-0.4, -0.2) is 13.1 Å². The second-order valence-electron chi connectivity index (χ2n) is 5.33. The van der Waals surface area contributed by atoms with Gasteiger partial charge in [-0.3, -0.25) is 0 Å². The third-order valence-corrected chi connectivity index (χ3v) is 3.48. The largest absolute Gasteiger partial charge is 0.313 e. The molecule has 0 radical (unpaired) electrons. The normalized spacial score (nSPS) is 10.0. The van der Waals surface area contributed by atoms with Gasteiger partial charge in [0, 0.05) is 13.1 Å². The Morgan fingerprint density at radius 1 is 0.739 bits per heavy atom. The van der Waals surface area contributed by atoms with Crippen molar-refractivity contribution in [3.05, 3.63) is 70.8 Å². The zero-order chi connectivity index (χ0) is 16.3. The van der Waals surface area contributed by atoms with E-state index in [0.29, 0.717) is 11.1 Å². The van der Waals surface area contributed by atoms with Crippen LogP contribution in [0.15, 0.2) is 48.5 Å². The van der Waals surface area contributed by atoms with Gasteiger partial charge in [0.25, 0.3) is 0 Å². The first kappa shape index (κ1) is 16.7. The highest BCUT2D eigenvalue weighted by atomic mass is 14.9. The SMILES string of the molecule is N#Cc1cccc(CNCCCNCc2cccc(C#N)c2)c1. The summed E-state index contributed by atoms with van der Waals surface area (Å²) in [6.45, 7) is 3.39. The molecule has 2 N–H and O–H groups in total. The molecule has 2 rings (SSSR count). The molecule has 4 nitrogen and oxygen atoms in total. The van der Waals surface area contributed by atoms with E-state index in [1.54, 1.807) is 0 Å². The van der Waals surface area contributed by atoms with Crippen LogP contribution in [0.4, 0.5) is 0 Å². The molecule has 0 aliphatic rings. The summed E-state index contributed by atoms with van der Waals surface area (Å²) >= 11 is 0. The van der Waals surface area contributed by atoms with Gasteiger partial charge in [0.1, 0.15) is 0 Å². The van der Waals surface area contributed by atoms with E-state index in [2.05, 4.69) is 22.8 Å². The first-order valence-electron chi connectivity index (χ1n) is 7.71. The highest BCUT2D eigenvalue weighted by molar-refractivity contribution is 5.33. The summed E-state index contributed by atoms with van der Waals surface area (Å²) in [4.78, 5) is 0. The lowest BCUT2D eigenvalue weighted by molar-refractivity contribution is 0.595. The van der Waals surface area contributed by atoms with Gasteiger partial charge in [-0.1, -0.05) is 24.3 Å². The Hall–Kier alpha value is -2.66. The molecule has 0 spiro atoms. The molecular formula is C19H20N4. The molecule has 0 atom stereocenters. The van der Waals surface area contributed by atoms with Gasteiger partial charge in [-0.15, -0.1) is 0 Å². The first-order valence-corrected chi connectivity index (χ1v) is 7.71. The summed E-state index contributed by atoms with van der Waals surface area (Å²) in [7, 11) is 0. The van der Waals surface area contributed by atoms with Crippen molar-refractivity contribution in [3.63, 3.8) is 0 Å². The molecule has 116 valence electrons. The Bertz CT molecular complexity index is 648. The minimum Gasteiger partial charge on any atom is -0.313 e. The van der Waals surface area contributed by atoms with E-state index in [0.717, 1.165) is 43.7 Å². The molecule has 0 saturated heterocycles. The summed E-state index contributed by atoms with van der Waals surface area (Å²) in [6, 6.07) is 19.6. The molecule has 4 heteroatoms. The van der Waals surface area contributed by atoms with Crippen LogP contribution in [-0.2, 0) is 13.1 Å². The van der Waals surface area contributed by atoms with Crippen molar-refractivity contribution in [2.24, 2.45) is 0 Å². The predicted octanol–water partition coefficient (Wildman–Crippen LogP) is 2.70. The molecule has 0 unspecified atom stereocenters. The second-order valence-corrected chi connectivity index (χ2v) is 5.33. The number of benzene rings is 2. The van der Waals surface area contributed by atoms with Gasteiger partial charge in [-0.05, 0) is 54.9 Å². The minimum absolute atomic E-state index is 0.700. The number of hydrogen-bond acceptors (Lipinski definition) is 4. The van der Waals surface area contributed by atoms with Crippen molar-refractivity contribution in [3.8, 4) is 12.1 Å². The van der Waals surface area contributed by atoms with E-state index in [-0.39, 0.29) is 0 Å². The second kappa shape index (κ2) is 9.38. The van der Waals surface area contributed by atoms with E-state index in [9.17, 15) is 0 Å². The van der Waals surface area contributed by atoms with Gasteiger partial charge in [0.05, 0.1) is 23.3 Å². The van der Waals surface area contributed by atoms with Crippen LogP contribution in [0.3, 0.4) is 0 Å². The minimum atomic E-state index is 0.700. The molecule has 0 bridgehead atoms. The lowest BCUT2D eigenvalue weighted by Crippen LogP contribution is -2.21. The number of nitrogens with zero attached hydrogens (tertiary/aromatic N) is 2. The molecule has 0 aliphatic carbocycles. The molecule has 0 amide bonds. The lowest BCUT2D eigenvalue weighted by Gasteiger charge is -2.07. The van der Waals surface area contributed by atoms with Crippen molar-refractivity contribution >= 4 is 0 Å². The van der Waals surface area contributed by atoms with Crippen molar-refractivity contribution in [2.45, 2.75) is 19.5 Å². The molecule has 0 saturated carbocycles. The summed E-state index contributed by atoms with van der Waals surface area (Å²) in [5, 5.41) is 24.5. The van der Waals surface area contributed by atoms with Crippen LogP contribution in [0, 0.1) is 22.7 Å². The van der Waals surface area contributed by atoms with Gasteiger partial charge in [-0.25, -0.2) is 0 Å². The molecule has 0 aliphatic heterocycles. The molecule has 2 aromatic rings. The van der Waals surface area contributed by atoms with Crippen LogP contribution in [0.1, 0.15) is 28.7 Å². The quantitative estimate of drug-likeness (QED) is 0.736. The fourth-order valence-corrected chi connectivity index (χ4v) is 2.31. The van der Waals surface area contributed by atoms with E-state index in [1.165, 1.54) is 0 Å². The maximum absolute atomic E-state index is 8.86. The molecule has 0 fully saturated rings. The third kappa shape index (κ3) is 5.92. The van der Waals surface area contributed by atoms with Crippen molar-refractivity contribution < 1.29 is 0 Å². The van der Waals surface area contributed by atoms with Gasteiger partial charge in [-0.2, -0.15) is 10.5 Å². The fourth-order valence-electron chi connectivity index (χ4n) is 2.31. The number of nitrogens with one attached hydrogen (secondary N) is 2. The Kier molecular flexibility index (Phi) is 6.81. The lowest BCUT2D eigenvalue weighted by atomic mass is 10.1. The van der Waals surface area contributed by atoms with Gasteiger partial charge >= 0.3 is 0 Å². The maximum Gasteiger partial charge on any atom is 0.0991 e. The van der Waals surface area contributed by atoms with Crippen molar-refractivity contribution in [1.82, 2.24) is 10.6 Å². The average Bonchev–Trinajstić information content (AvgIpc) is 2.61. The van der Waals surface area contributed by atoms with E-state index in [1.807, 2.05) is 48.5 Å². The van der Waals surface area contributed by atoms with E-state index in [4.69, 9.17) is 10.5 Å². The summed E-state index contributed by atoms with van der Waals surface area (Å²) < 4.78 is 0. The summed E-state index contributed by atoms with van der Waals surface area (Å²) in [5.74, 6) is 0. The smallest absolute Gasteiger partial charge is 0.0991 e. The van der Waals surface area contributed by atoms with Gasteiger partial charge < -0.3 is 10.6 Å². The zero-order valence-electron chi connectivity index (χ0n) is 13.0. The van der Waals surface area contributed by atoms with Crippen LogP contribution < -0.4 is 10.6 Å². The molecule has 2 aromatic carbocycles. The summed E-state index contributed by atoms with van der Waals surface area (Å²) in [5.41, 5.74) is 3.66. The Morgan fingerprint density at radius 2 is 1.22 bits per heavy atom. The summed E-state index contributed by atoms with van der Waals surface area (Å²) in [6.07, 6.45) is 1.02.